The number of rotatable bonds is 6. The van der Waals surface area contributed by atoms with E-state index >= 15 is 0 Å². The van der Waals surface area contributed by atoms with E-state index in [9.17, 15) is 23.2 Å². The molecule has 3 amide bonds. The second kappa shape index (κ2) is 7.14. The summed E-state index contributed by atoms with van der Waals surface area (Å²) in [5.41, 5.74) is 7.39. The van der Waals surface area contributed by atoms with Gasteiger partial charge in [-0.1, -0.05) is 12.1 Å². The van der Waals surface area contributed by atoms with Crippen molar-refractivity contribution in [3.05, 3.63) is 34.9 Å². The summed E-state index contributed by atoms with van der Waals surface area (Å²) in [6.07, 6.45) is 0.0955. The third-order valence-electron chi connectivity index (χ3n) is 6.19. The number of halogens is 2. The number of piperidine rings is 1. The molecule has 4 rings (SSSR count). The number of imide groups is 1. The molecule has 7 nitrogen and oxygen atoms in total. The van der Waals surface area contributed by atoms with Crippen molar-refractivity contribution in [1.82, 2.24) is 15.5 Å². The Bertz CT molecular complexity index is 865. The lowest BCUT2D eigenvalue weighted by molar-refractivity contribution is -0.155. The highest BCUT2D eigenvalue weighted by atomic mass is 19.3. The molecule has 1 aromatic rings. The van der Waals surface area contributed by atoms with Crippen LogP contribution in [0.1, 0.15) is 47.2 Å². The van der Waals surface area contributed by atoms with Crippen LogP contribution in [0.5, 0.6) is 0 Å². The van der Waals surface area contributed by atoms with E-state index in [-0.39, 0.29) is 37.6 Å². The van der Waals surface area contributed by atoms with Crippen LogP contribution in [0.25, 0.3) is 0 Å². The summed E-state index contributed by atoms with van der Waals surface area (Å²) in [4.78, 5) is 37.9. The van der Waals surface area contributed by atoms with E-state index in [2.05, 4.69) is 10.6 Å². The van der Waals surface area contributed by atoms with Crippen molar-refractivity contribution < 1.29 is 23.2 Å². The topological polar surface area (TPSA) is 105 Å². The van der Waals surface area contributed by atoms with Gasteiger partial charge in [0, 0.05) is 49.9 Å². The fourth-order valence-corrected chi connectivity index (χ4v) is 4.66. The van der Waals surface area contributed by atoms with Crippen LogP contribution in [0.2, 0.25) is 0 Å². The Hall–Kier alpha value is -2.39. The summed E-state index contributed by atoms with van der Waals surface area (Å²) in [5, 5.41) is 5.51. The molecule has 4 N–H and O–H groups in total. The first kappa shape index (κ1) is 19.9. The molecule has 1 atom stereocenters. The van der Waals surface area contributed by atoms with Crippen molar-refractivity contribution >= 4 is 17.7 Å². The lowest BCUT2D eigenvalue weighted by atomic mass is 9.66. The number of amides is 3. The molecule has 0 spiro atoms. The highest BCUT2D eigenvalue weighted by Crippen LogP contribution is 2.51. The highest BCUT2D eigenvalue weighted by Gasteiger charge is 2.55. The largest absolute Gasteiger partial charge is 0.330 e. The third kappa shape index (κ3) is 3.64. The molecule has 0 aromatic heterocycles. The van der Waals surface area contributed by atoms with Gasteiger partial charge in [0.1, 0.15) is 6.04 Å². The van der Waals surface area contributed by atoms with Crippen LogP contribution >= 0.6 is 0 Å². The second-order valence-corrected chi connectivity index (χ2v) is 8.36. The number of hydrogen-bond acceptors (Lipinski definition) is 5. The molecule has 9 heteroatoms. The minimum Gasteiger partial charge on any atom is -0.330 e. The average molecular weight is 406 g/mol. The zero-order valence-electron chi connectivity index (χ0n) is 16.0. The van der Waals surface area contributed by atoms with Gasteiger partial charge in [-0.15, -0.1) is 0 Å². The van der Waals surface area contributed by atoms with Crippen LogP contribution in [-0.2, 0) is 22.7 Å². The highest BCUT2D eigenvalue weighted by molar-refractivity contribution is 6.05. The maximum Gasteiger partial charge on any atom is 0.255 e. The van der Waals surface area contributed by atoms with Crippen molar-refractivity contribution in [2.75, 3.05) is 13.1 Å². The second-order valence-electron chi connectivity index (χ2n) is 8.36. The predicted octanol–water partition coefficient (Wildman–Crippen LogP) is 0.911. The summed E-state index contributed by atoms with van der Waals surface area (Å²) in [7, 11) is 0. The average Bonchev–Trinajstić information content (AvgIpc) is 2.97. The van der Waals surface area contributed by atoms with Gasteiger partial charge in [0.2, 0.25) is 17.7 Å². The zero-order valence-corrected chi connectivity index (χ0v) is 16.0. The summed E-state index contributed by atoms with van der Waals surface area (Å²) in [5.74, 6) is -3.63. The maximum atomic E-state index is 13.3. The Balaban J connectivity index is 1.43. The Morgan fingerprint density at radius 3 is 2.66 bits per heavy atom. The monoisotopic (exact) mass is 406 g/mol. The molecule has 1 saturated heterocycles. The molecule has 156 valence electrons. The van der Waals surface area contributed by atoms with Gasteiger partial charge >= 0.3 is 0 Å². The lowest BCUT2D eigenvalue weighted by Gasteiger charge is -2.47. The van der Waals surface area contributed by atoms with Crippen molar-refractivity contribution in [2.45, 2.75) is 50.7 Å². The molecule has 1 saturated carbocycles. The van der Waals surface area contributed by atoms with Crippen molar-refractivity contribution in [2.24, 2.45) is 11.1 Å². The summed E-state index contributed by atoms with van der Waals surface area (Å²) < 4.78 is 26.6. The van der Waals surface area contributed by atoms with Crippen molar-refractivity contribution in [3.63, 3.8) is 0 Å². The van der Waals surface area contributed by atoms with Crippen molar-refractivity contribution in [3.8, 4) is 0 Å². The summed E-state index contributed by atoms with van der Waals surface area (Å²) >= 11 is 0. The lowest BCUT2D eigenvalue weighted by Crippen LogP contribution is -2.55. The van der Waals surface area contributed by atoms with E-state index in [1.807, 2.05) is 6.07 Å². The number of alkyl halides is 2. The van der Waals surface area contributed by atoms with Gasteiger partial charge in [-0.05, 0) is 30.2 Å². The molecule has 2 aliphatic heterocycles. The van der Waals surface area contributed by atoms with Crippen LogP contribution in [0.3, 0.4) is 0 Å². The Morgan fingerprint density at radius 2 is 2.00 bits per heavy atom. The fourth-order valence-electron chi connectivity index (χ4n) is 4.66. The molecule has 1 aliphatic carbocycles. The van der Waals surface area contributed by atoms with Gasteiger partial charge in [0.05, 0.1) is 0 Å². The SMILES string of the molecule is NCC1(CNCc2cccc3c2CN(C2CCC(=O)NC2=O)C3=O)CC(F)(F)C1. The van der Waals surface area contributed by atoms with Crippen LogP contribution in [0.4, 0.5) is 8.78 Å². The minimum atomic E-state index is -2.64. The number of benzene rings is 1. The smallest absolute Gasteiger partial charge is 0.255 e. The molecule has 3 aliphatic rings. The Labute approximate surface area is 167 Å². The van der Waals surface area contributed by atoms with Gasteiger partial charge in [-0.2, -0.15) is 0 Å². The molecule has 0 radical (unpaired) electrons. The summed E-state index contributed by atoms with van der Waals surface area (Å²) in [6.45, 7) is 1.29. The summed E-state index contributed by atoms with van der Waals surface area (Å²) in [6, 6.07) is 4.72. The standard InChI is InChI=1S/C20H24F2N4O3/c21-20(22)8-19(9-20,10-23)11-24-6-12-2-1-3-13-14(12)7-26(18(13)29)15-4-5-16(27)25-17(15)28/h1-3,15,24H,4-11,23H2,(H,25,27,28). The van der Waals surface area contributed by atoms with E-state index in [1.165, 1.54) is 4.90 Å². The molecule has 1 unspecified atom stereocenters. The normalized spacial score (nSPS) is 24.9. The molecule has 0 bridgehead atoms. The van der Waals surface area contributed by atoms with E-state index in [4.69, 9.17) is 5.73 Å². The van der Waals surface area contributed by atoms with Crippen LogP contribution in [0.15, 0.2) is 18.2 Å². The van der Waals surface area contributed by atoms with E-state index in [1.54, 1.807) is 12.1 Å². The van der Waals surface area contributed by atoms with Crippen LogP contribution < -0.4 is 16.4 Å². The van der Waals surface area contributed by atoms with E-state index in [0.29, 0.717) is 31.6 Å². The molecular formula is C20H24F2N4O3. The van der Waals surface area contributed by atoms with Crippen LogP contribution in [0, 0.1) is 5.41 Å². The number of nitrogens with one attached hydrogen (secondary N) is 2. The van der Waals surface area contributed by atoms with Gasteiger partial charge in [0.25, 0.3) is 5.91 Å². The first-order valence-electron chi connectivity index (χ1n) is 9.78. The Morgan fingerprint density at radius 1 is 1.24 bits per heavy atom. The Kier molecular flexibility index (Phi) is 4.90. The third-order valence-corrected chi connectivity index (χ3v) is 6.19. The number of fused-ring (bicyclic) bond motifs is 1. The molecule has 2 fully saturated rings. The molecule has 1 aromatic carbocycles. The maximum absolute atomic E-state index is 13.3. The first-order valence-corrected chi connectivity index (χ1v) is 9.78. The fraction of sp³-hybridized carbons (Fsp3) is 0.550. The van der Waals surface area contributed by atoms with Gasteiger partial charge < -0.3 is 16.0 Å². The number of carbonyl (C=O) groups is 3. The molecular weight excluding hydrogens is 382 g/mol. The van der Waals surface area contributed by atoms with Gasteiger partial charge in [-0.3, -0.25) is 19.7 Å². The van der Waals surface area contributed by atoms with Crippen molar-refractivity contribution in [1.29, 1.82) is 0 Å². The number of nitrogens with zero attached hydrogens (tertiary/aromatic N) is 1. The zero-order chi connectivity index (χ0) is 20.8. The predicted molar refractivity (Wildman–Crippen MR) is 99.9 cm³/mol. The minimum absolute atomic E-state index is 0.199. The van der Waals surface area contributed by atoms with Gasteiger partial charge in [0.15, 0.2) is 0 Å². The van der Waals surface area contributed by atoms with E-state index in [0.717, 1.165) is 11.1 Å². The first-order chi connectivity index (χ1) is 13.7. The van der Waals surface area contributed by atoms with Crippen LogP contribution in [-0.4, -0.2) is 47.7 Å². The molecule has 29 heavy (non-hydrogen) atoms. The quantitative estimate of drug-likeness (QED) is 0.610. The number of nitrogens with two attached hydrogens (primary N) is 1. The van der Waals surface area contributed by atoms with E-state index < -0.39 is 23.3 Å². The number of hydrogen-bond donors (Lipinski definition) is 3. The van der Waals surface area contributed by atoms with Gasteiger partial charge in [-0.25, -0.2) is 8.78 Å². The number of carbonyl (C=O) groups excluding carboxylic acids is 3. The molecule has 2 heterocycles.